The summed E-state index contributed by atoms with van der Waals surface area (Å²) in [7, 11) is 0. The van der Waals surface area contributed by atoms with Gasteiger partial charge in [0.25, 0.3) is 5.91 Å². The molecule has 3 aromatic rings. The minimum absolute atomic E-state index is 0.0823. The number of aromatic nitrogens is 3. The Balaban J connectivity index is 1.88. The van der Waals surface area contributed by atoms with Gasteiger partial charge in [0, 0.05) is 11.6 Å². The molecule has 0 saturated heterocycles. The van der Waals surface area contributed by atoms with Crippen LogP contribution in [0.3, 0.4) is 0 Å². The van der Waals surface area contributed by atoms with Crippen molar-refractivity contribution in [1.82, 2.24) is 15.2 Å². The molecule has 0 aliphatic heterocycles. The molecular formula is C13H8F2N4OS. The zero-order chi connectivity index (χ0) is 14.8. The Morgan fingerprint density at radius 1 is 1.29 bits per heavy atom. The van der Waals surface area contributed by atoms with Gasteiger partial charge in [0.1, 0.15) is 22.3 Å². The average molecular weight is 306 g/mol. The predicted octanol–water partition coefficient (Wildman–Crippen LogP) is 3.06. The number of rotatable bonds is 3. The lowest BCUT2D eigenvalue weighted by molar-refractivity contribution is 0.102. The molecule has 2 N–H and O–H groups in total. The van der Waals surface area contributed by atoms with Gasteiger partial charge in [-0.15, -0.1) is 11.3 Å². The van der Waals surface area contributed by atoms with Gasteiger partial charge in [-0.3, -0.25) is 9.89 Å². The number of carbonyl (C=O) groups excluding carboxylic acids is 1. The number of aromatic amines is 1. The fourth-order valence-corrected chi connectivity index (χ4v) is 2.56. The lowest BCUT2D eigenvalue weighted by atomic mass is 10.2. The fourth-order valence-electron chi connectivity index (χ4n) is 1.71. The molecule has 2 aromatic heterocycles. The van der Waals surface area contributed by atoms with Gasteiger partial charge in [-0.2, -0.15) is 5.10 Å². The van der Waals surface area contributed by atoms with Crippen LogP contribution >= 0.6 is 11.3 Å². The lowest BCUT2D eigenvalue weighted by Gasteiger charge is -2.00. The van der Waals surface area contributed by atoms with Gasteiger partial charge < -0.3 is 5.32 Å². The van der Waals surface area contributed by atoms with Crippen molar-refractivity contribution in [2.75, 3.05) is 5.32 Å². The summed E-state index contributed by atoms with van der Waals surface area (Å²) in [6.45, 7) is 0. The first-order chi connectivity index (χ1) is 10.1. The van der Waals surface area contributed by atoms with Gasteiger partial charge in [0.15, 0.2) is 0 Å². The second-order valence-electron chi connectivity index (χ2n) is 4.08. The first-order valence-corrected chi connectivity index (χ1v) is 6.73. The van der Waals surface area contributed by atoms with E-state index in [4.69, 9.17) is 0 Å². The van der Waals surface area contributed by atoms with Crippen LogP contribution in [0.4, 0.5) is 14.5 Å². The molecule has 3 rings (SSSR count). The molecular weight excluding hydrogens is 298 g/mol. The first-order valence-electron chi connectivity index (χ1n) is 5.85. The number of carbonyl (C=O) groups is 1. The summed E-state index contributed by atoms with van der Waals surface area (Å²) in [5.74, 6) is -1.91. The van der Waals surface area contributed by atoms with Gasteiger partial charge in [-0.1, -0.05) is 6.07 Å². The summed E-state index contributed by atoms with van der Waals surface area (Å²) >= 11 is 0.997. The smallest absolute Gasteiger partial charge is 0.275 e. The zero-order valence-corrected chi connectivity index (χ0v) is 11.2. The van der Waals surface area contributed by atoms with E-state index in [0.717, 1.165) is 23.5 Å². The Morgan fingerprint density at radius 3 is 2.71 bits per heavy atom. The number of nitrogens with zero attached hydrogens (tertiary/aromatic N) is 2. The molecule has 0 aliphatic carbocycles. The van der Waals surface area contributed by atoms with E-state index in [9.17, 15) is 13.6 Å². The molecule has 0 saturated carbocycles. The molecule has 0 bridgehead atoms. The lowest BCUT2D eigenvalue weighted by Crippen LogP contribution is -2.11. The molecule has 2 heterocycles. The molecule has 5 nitrogen and oxygen atoms in total. The van der Waals surface area contributed by atoms with Crippen molar-refractivity contribution in [3.05, 3.63) is 53.3 Å². The SMILES string of the molecule is O=C(Nc1cn[nH]c1)c1csc(-c2c(F)cccc2F)n1. The third-order valence-electron chi connectivity index (χ3n) is 2.67. The standard InChI is InChI=1S/C13H8F2N4OS/c14-8-2-1-3-9(15)11(8)13-19-10(6-21-13)12(20)18-7-4-16-17-5-7/h1-6H,(H,16,17)(H,18,20). The minimum atomic E-state index is -0.717. The van der Waals surface area contributed by atoms with E-state index in [0.29, 0.717) is 5.69 Å². The monoisotopic (exact) mass is 306 g/mol. The van der Waals surface area contributed by atoms with Crippen LogP contribution in [0.5, 0.6) is 0 Å². The highest BCUT2D eigenvalue weighted by Gasteiger charge is 2.17. The van der Waals surface area contributed by atoms with E-state index < -0.39 is 17.5 Å². The van der Waals surface area contributed by atoms with Gasteiger partial charge in [-0.25, -0.2) is 13.8 Å². The number of benzene rings is 1. The van der Waals surface area contributed by atoms with Gasteiger partial charge in [0.05, 0.1) is 17.4 Å². The number of anilines is 1. The third-order valence-corrected chi connectivity index (χ3v) is 3.53. The molecule has 0 atom stereocenters. The van der Waals surface area contributed by atoms with Crippen molar-refractivity contribution in [3.63, 3.8) is 0 Å². The molecule has 21 heavy (non-hydrogen) atoms. The van der Waals surface area contributed by atoms with Crippen molar-refractivity contribution in [2.24, 2.45) is 0 Å². The second-order valence-corrected chi connectivity index (χ2v) is 4.93. The van der Waals surface area contributed by atoms with E-state index >= 15 is 0 Å². The normalized spacial score (nSPS) is 10.6. The van der Waals surface area contributed by atoms with Gasteiger partial charge >= 0.3 is 0 Å². The highest BCUT2D eigenvalue weighted by molar-refractivity contribution is 7.13. The number of H-pyrrole nitrogens is 1. The Kier molecular flexibility index (Phi) is 3.44. The van der Waals surface area contributed by atoms with Crippen molar-refractivity contribution < 1.29 is 13.6 Å². The van der Waals surface area contributed by atoms with Crippen LogP contribution in [-0.4, -0.2) is 21.1 Å². The average Bonchev–Trinajstić information content (AvgIpc) is 3.10. The first kappa shape index (κ1) is 13.4. The summed E-state index contributed by atoms with van der Waals surface area (Å²) in [5.41, 5.74) is 0.329. The zero-order valence-electron chi connectivity index (χ0n) is 10.4. The maximum absolute atomic E-state index is 13.7. The van der Waals surface area contributed by atoms with Crippen molar-refractivity contribution in [2.45, 2.75) is 0 Å². The second kappa shape index (κ2) is 5.41. The Morgan fingerprint density at radius 2 is 2.05 bits per heavy atom. The molecule has 0 unspecified atom stereocenters. The number of hydrogen-bond acceptors (Lipinski definition) is 4. The number of halogens is 2. The quantitative estimate of drug-likeness (QED) is 0.781. The van der Waals surface area contributed by atoms with Crippen LogP contribution in [0.25, 0.3) is 10.6 Å². The van der Waals surface area contributed by atoms with Crippen LogP contribution in [0.2, 0.25) is 0 Å². The molecule has 1 aromatic carbocycles. The number of nitrogens with one attached hydrogen (secondary N) is 2. The van der Waals surface area contributed by atoms with Crippen molar-refractivity contribution in [1.29, 1.82) is 0 Å². The molecule has 0 fully saturated rings. The fraction of sp³-hybridized carbons (Fsp3) is 0. The largest absolute Gasteiger partial charge is 0.318 e. The maximum atomic E-state index is 13.7. The topological polar surface area (TPSA) is 70.7 Å². The molecule has 0 spiro atoms. The van der Waals surface area contributed by atoms with E-state index in [1.54, 1.807) is 0 Å². The van der Waals surface area contributed by atoms with Crippen LogP contribution in [0, 0.1) is 11.6 Å². The third kappa shape index (κ3) is 2.65. The van der Waals surface area contributed by atoms with Crippen LogP contribution < -0.4 is 5.32 Å². The number of thiazole rings is 1. The van der Waals surface area contributed by atoms with Gasteiger partial charge in [0.2, 0.25) is 0 Å². The summed E-state index contributed by atoms with van der Waals surface area (Å²) in [6, 6.07) is 3.56. The maximum Gasteiger partial charge on any atom is 0.275 e. The summed E-state index contributed by atoms with van der Waals surface area (Å²) in [4.78, 5) is 15.9. The molecule has 0 aliphatic rings. The Labute approximate surface area is 121 Å². The number of hydrogen-bond donors (Lipinski definition) is 2. The van der Waals surface area contributed by atoms with Crippen LogP contribution in [0.15, 0.2) is 36.0 Å². The molecule has 106 valence electrons. The van der Waals surface area contributed by atoms with Gasteiger partial charge in [-0.05, 0) is 12.1 Å². The molecule has 0 radical (unpaired) electrons. The molecule has 1 amide bonds. The summed E-state index contributed by atoms with van der Waals surface area (Å²) in [6.07, 6.45) is 2.93. The Hall–Kier alpha value is -2.61. The van der Waals surface area contributed by atoms with E-state index in [1.165, 1.54) is 23.8 Å². The number of amides is 1. The minimum Gasteiger partial charge on any atom is -0.318 e. The summed E-state index contributed by atoms with van der Waals surface area (Å²) in [5, 5.41) is 10.4. The van der Waals surface area contributed by atoms with Crippen LogP contribution in [-0.2, 0) is 0 Å². The summed E-state index contributed by atoms with van der Waals surface area (Å²) < 4.78 is 27.3. The van der Waals surface area contributed by atoms with Crippen molar-refractivity contribution in [3.8, 4) is 10.6 Å². The highest BCUT2D eigenvalue weighted by atomic mass is 32.1. The molecule has 8 heteroatoms. The van der Waals surface area contributed by atoms with Crippen LogP contribution in [0.1, 0.15) is 10.5 Å². The van der Waals surface area contributed by atoms with Crippen molar-refractivity contribution >= 4 is 22.9 Å². The van der Waals surface area contributed by atoms with E-state index in [-0.39, 0.29) is 16.3 Å². The highest BCUT2D eigenvalue weighted by Crippen LogP contribution is 2.29. The van der Waals surface area contributed by atoms with E-state index in [2.05, 4.69) is 20.5 Å². The predicted molar refractivity (Wildman–Crippen MR) is 74.0 cm³/mol. The Bertz CT molecular complexity index is 765. The van der Waals surface area contributed by atoms with E-state index in [1.807, 2.05) is 0 Å².